The van der Waals surface area contributed by atoms with Gasteiger partial charge in [0.1, 0.15) is 18.3 Å². The van der Waals surface area contributed by atoms with Crippen molar-refractivity contribution in [3.05, 3.63) is 12.7 Å². The molecule has 3 atom stereocenters. The van der Waals surface area contributed by atoms with Crippen molar-refractivity contribution in [2.24, 2.45) is 0 Å². The second-order valence-corrected chi connectivity index (χ2v) is 4.36. The molecule has 0 bridgehead atoms. The number of rotatable bonds is 4. The van der Waals surface area contributed by atoms with Crippen LogP contribution in [0.3, 0.4) is 0 Å². The van der Waals surface area contributed by atoms with E-state index in [0.717, 1.165) is 0 Å². The van der Waals surface area contributed by atoms with Crippen LogP contribution in [0, 0.1) is 12.3 Å². The van der Waals surface area contributed by atoms with Crippen molar-refractivity contribution in [3.8, 4) is 12.3 Å². The summed E-state index contributed by atoms with van der Waals surface area (Å²) in [4.78, 5) is 11.0. The van der Waals surface area contributed by atoms with Crippen LogP contribution in [0.5, 0.6) is 0 Å². The molecule has 0 aromatic carbocycles. The number of carbonyl (C=O) groups is 1. The first-order valence-electron chi connectivity index (χ1n) is 5.48. The van der Waals surface area contributed by atoms with Gasteiger partial charge in [-0.3, -0.25) is 4.79 Å². The van der Waals surface area contributed by atoms with Crippen LogP contribution in [-0.4, -0.2) is 30.1 Å². The predicted molar refractivity (Wildman–Crippen MR) is 63.0 cm³/mol. The molecular formula is C13H18O4. The Morgan fingerprint density at radius 1 is 1.65 bits per heavy atom. The van der Waals surface area contributed by atoms with E-state index < -0.39 is 18.0 Å². The molecule has 1 heterocycles. The second kappa shape index (κ2) is 5.35. The summed E-state index contributed by atoms with van der Waals surface area (Å²) in [5.74, 6) is 1.36. The SMILES string of the molecule is C#CC[C@@H](OC(C)=O)[C@@H]1OC(C)(C)O[C@@H]1C=C. The molecule has 0 aromatic rings. The van der Waals surface area contributed by atoms with Crippen LogP contribution in [-0.2, 0) is 19.0 Å². The van der Waals surface area contributed by atoms with E-state index in [4.69, 9.17) is 20.6 Å². The van der Waals surface area contributed by atoms with E-state index in [1.807, 2.05) is 0 Å². The van der Waals surface area contributed by atoms with Gasteiger partial charge in [0.2, 0.25) is 0 Å². The van der Waals surface area contributed by atoms with Gasteiger partial charge in [0.15, 0.2) is 5.79 Å². The van der Waals surface area contributed by atoms with Crippen molar-refractivity contribution in [1.82, 2.24) is 0 Å². The van der Waals surface area contributed by atoms with Gasteiger partial charge in [-0.15, -0.1) is 18.9 Å². The average molecular weight is 238 g/mol. The third kappa shape index (κ3) is 3.58. The molecule has 0 N–H and O–H groups in total. The molecule has 4 heteroatoms. The highest BCUT2D eigenvalue weighted by Crippen LogP contribution is 2.32. The minimum absolute atomic E-state index is 0.286. The second-order valence-electron chi connectivity index (χ2n) is 4.36. The largest absolute Gasteiger partial charge is 0.459 e. The fourth-order valence-corrected chi connectivity index (χ4v) is 1.84. The highest BCUT2D eigenvalue weighted by atomic mass is 16.8. The van der Waals surface area contributed by atoms with Crippen LogP contribution in [0.4, 0.5) is 0 Å². The van der Waals surface area contributed by atoms with Gasteiger partial charge in [-0.1, -0.05) is 6.08 Å². The van der Waals surface area contributed by atoms with Crippen LogP contribution < -0.4 is 0 Å². The smallest absolute Gasteiger partial charge is 0.303 e. The van der Waals surface area contributed by atoms with Crippen molar-refractivity contribution in [3.63, 3.8) is 0 Å². The van der Waals surface area contributed by atoms with Crippen LogP contribution in [0.2, 0.25) is 0 Å². The van der Waals surface area contributed by atoms with Crippen molar-refractivity contribution in [2.75, 3.05) is 0 Å². The van der Waals surface area contributed by atoms with Crippen molar-refractivity contribution in [2.45, 2.75) is 51.3 Å². The Labute approximate surface area is 102 Å². The molecule has 0 saturated carbocycles. The molecular weight excluding hydrogens is 220 g/mol. The highest BCUT2D eigenvalue weighted by molar-refractivity contribution is 5.66. The number of ether oxygens (including phenoxy) is 3. The Kier molecular flexibility index (Phi) is 4.33. The van der Waals surface area contributed by atoms with Gasteiger partial charge in [0.05, 0.1) is 0 Å². The van der Waals surface area contributed by atoms with E-state index in [2.05, 4.69) is 12.5 Å². The summed E-state index contributed by atoms with van der Waals surface area (Å²) < 4.78 is 16.5. The molecule has 1 aliphatic rings. The Morgan fingerprint density at radius 2 is 2.29 bits per heavy atom. The van der Waals surface area contributed by atoms with E-state index in [-0.39, 0.29) is 18.5 Å². The average Bonchev–Trinajstić information content (AvgIpc) is 2.52. The number of carbonyl (C=O) groups excluding carboxylic acids is 1. The summed E-state index contributed by atoms with van der Waals surface area (Å²) in [7, 11) is 0. The monoisotopic (exact) mass is 238 g/mol. The first-order chi connectivity index (χ1) is 7.89. The van der Waals surface area contributed by atoms with Crippen LogP contribution >= 0.6 is 0 Å². The summed E-state index contributed by atoms with van der Waals surface area (Å²) in [6.45, 7) is 8.62. The number of hydrogen-bond acceptors (Lipinski definition) is 4. The minimum Gasteiger partial charge on any atom is -0.459 e. The maximum absolute atomic E-state index is 11.0. The summed E-state index contributed by atoms with van der Waals surface area (Å²) in [6, 6.07) is 0. The van der Waals surface area contributed by atoms with Crippen LogP contribution in [0.25, 0.3) is 0 Å². The van der Waals surface area contributed by atoms with E-state index in [1.54, 1.807) is 19.9 Å². The lowest BCUT2D eigenvalue weighted by molar-refractivity contribution is -0.168. The van der Waals surface area contributed by atoms with Gasteiger partial charge in [-0.25, -0.2) is 0 Å². The van der Waals surface area contributed by atoms with E-state index in [0.29, 0.717) is 0 Å². The molecule has 0 unspecified atom stereocenters. The van der Waals surface area contributed by atoms with Gasteiger partial charge >= 0.3 is 5.97 Å². The molecule has 0 radical (unpaired) electrons. The number of esters is 1. The zero-order valence-electron chi connectivity index (χ0n) is 10.4. The van der Waals surface area contributed by atoms with Gasteiger partial charge < -0.3 is 14.2 Å². The molecule has 0 aliphatic carbocycles. The summed E-state index contributed by atoms with van der Waals surface area (Å²) in [6.07, 6.45) is 5.92. The molecule has 17 heavy (non-hydrogen) atoms. The van der Waals surface area contributed by atoms with Crippen molar-refractivity contribution >= 4 is 5.97 Å². The first-order valence-corrected chi connectivity index (χ1v) is 5.48. The summed E-state index contributed by atoms with van der Waals surface area (Å²) >= 11 is 0. The van der Waals surface area contributed by atoms with Crippen molar-refractivity contribution < 1.29 is 19.0 Å². The summed E-state index contributed by atoms with van der Waals surface area (Å²) in [5, 5.41) is 0. The van der Waals surface area contributed by atoms with E-state index in [9.17, 15) is 4.79 Å². The zero-order chi connectivity index (χ0) is 13.1. The molecule has 1 aliphatic heterocycles. The van der Waals surface area contributed by atoms with Crippen LogP contribution in [0.1, 0.15) is 27.2 Å². The predicted octanol–water partition coefficient (Wildman–Crippen LogP) is 1.65. The van der Waals surface area contributed by atoms with Crippen LogP contribution in [0.15, 0.2) is 12.7 Å². The lowest BCUT2D eigenvalue weighted by atomic mass is 10.1. The number of terminal acetylenes is 1. The topological polar surface area (TPSA) is 44.8 Å². The first kappa shape index (κ1) is 13.8. The lowest BCUT2D eigenvalue weighted by Gasteiger charge is -2.23. The Bertz CT molecular complexity index is 340. The van der Waals surface area contributed by atoms with Gasteiger partial charge in [0.25, 0.3) is 0 Å². The quantitative estimate of drug-likeness (QED) is 0.424. The third-order valence-electron chi connectivity index (χ3n) is 2.40. The minimum atomic E-state index is -0.726. The molecule has 1 saturated heterocycles. The van der Waals surface area contributed by atoms with Gasteiger partial charge in [0, 0.05) is 13.3 Å². The van der Waals surface area contributed by atoms with E-state index >= 15 is 0 Å². The molecule has 1 rings (SSSR count). The van der Waals surface area contributed by atoms with Crippen molar-refractivity contribution in [1.29, 1.82) is 0 Å². The molecule has 94 valence electrons. The Balaban J connectivity index is 2.82. The molecule has 0 aromatic heterocycles. The zero-order valence-corrected chi connectivity index (χ0v) is 10.4. The Morgan fingerprint density at radius 3 is 2.76 bits per heavy atom. The fourth-order valence-electron chi connectivity index (χ4n) is 1.84. The molecule has 1 fully saturated rings. The van der Waals surface area contributed by atoms with E-state index in [1.165, 1.54) is 6.92 Å². The maximum atomic E-state index is 11.0. The molecule has 4 nitrogen and oxygen atoms in total. The third-order valence-corrected chi connectivity index (χ3v) is 2.40. The fraction of sp³-hybridized carbons (Fsp3) is 0.615. The normalized spacial score (nSPS) is 28.1. The molecule has 0 spiro atoms. The summed E-state index contributed by atoms with van der Waals surface area (Å²) in [5.41, 5.74) is 0. The number of hydrogen-bond donors (Lipinski definition) is 0. The van der Waals surface area contributed by atoms with Gasteiger partial charge in [-0.05, 0) is 13.8 Å². The lowest BCUT2D eigenvalue weighted by Crippen LogP contribution is -2.37. The maximum Gasteiger partial charge on any atom is 0.303 e. The Hall–Kier alpha value is -1.31. The highest BCUT2D eigenvalue weighted by Gasteiger charge is 2.44. The molecule has 0 amide bonds. The van der Waals surface area contributed by atoms with Gasteiger partial charge in [-0.2, -0.15) is 0 Å². The standard InChI is InChI=1S/C13H18O4/c1-6-8-11(15-9(3)14)12-10(7-2)16-13(4,5)17-12/h1,7,10-12H,2,8H2,3-5H3/t10-,11-,12-/m1/s1.